The monoisotopic (exact) mass is 403 g/mol. The van der Waals surface area contributed by atoms with E-state index in [1.807, 2.05) is 41.2 Å². The van der Waals surface area contributed by atoms with Gasteiger partial charge in [-0.1, -0.05) is 35.5 Å². The number of esters is 1. The highest BCUT2D eigenvalue weighted by Crippen LogP contribution is 2.75. The van der Waals surface area contributed by atoms with E-state index >= 15 is 0 Å². The molecule has 4 saturated carbocycles. The summed E-state index contributed by atoms with van der Waals surface area (Å²) in [5.41, 5.74) is 3.02. The molecule has 0 bridgehead atoms. The maximum absolute atomic E-state index is 13.0. The summed E-state index contributed by atoms with van der Waals surface area (Å²) in [5.74, 6) is 1.71. The Morgan fingerprint density at radius 3 is 2.53 bits per heavy atom. The molecule has 0 unspecified atom stereocenters. The van der Waals surface area contributed by atoms with Crippen LogP contribution in [0.4, 0.5) is 0 Å². The summed E-state index contributed by atoms with van der Waals surface area (Å²) in [7, 11) is 0. The van der Waals surface area contributed by atoms with Crippen molar-refractivity contribution in [3.63, 3.8) is 0 Å². The molecule has 0 N–H and O–H groups in total. The largest absolute Gasteiger partial charge is 0.461 e. The number of rotatable bonds is 3. The van der Waals surface area contributed by atoms with Crippen LogP contribution in [0.3, 0.4) is 0 Å². The van der Waals surface area contributed by atoms with Crippen LogP contribution in [0.25, 0.3) is 11.3 Å². The minimum Gasteiger partial charge on any atom is -0.461 e. The van der Waals surface area contributed by atoms with Gasteiger partial charge in [0.2, 0.25) is 0 Å². The van der Waals surface area contributed by atoms with Crippen LogP contribution in [0.2, 0.25) is 0 Å². The van der Waals surface area contributed by atoms with Gasteiger partial charge >= 0.3 is 5.97 Å². The molecule has 1 saturated heterocycles. The van der Waals surface area contributed by atoms with E-state index in [1.165, 1.54) is 44.9 Å². The maximum Gasteiger partial charge on any atom is 0.311 e. The highest BCUT2D eigenvalue weighted by molar-refractivity contribution is 5.75. The summed E-state index contributed by atoms with van der Waals surface area (Å²) in [5, 5.41) is 8.72. The van der Waals surface area contributed by atoms with Crippen molar-refractivity contribution in [2.75, 3.05) is 0 Å². The van der Waals surface area contributed by atoms with Crippen LogP contribution < -0.4 is 0 Å². The highest BCUT2D eigenvalue weighted by atomic mass is 16.6. The molecule has 156 valence electrons. The lowest BCUT2D eigenvalue weighted by molar-refractivity contribution is -0.147. The fraction of sp³-hybridized carbons (Fsp3) is 0.640. The number of carbonyl (C=O) groups excluding carboxylic acids is 1. The summed E-state index contributed by atoms with van der Waals surface area (Å²) in [4.78, 5) is 13.0. The van der Waals surface area contributed by atoms with Crippen LogP contribution >= 0.6 is 0 Å². The number of nitrogens with zero attached hydrogens (tertiary/aromatic N) is 3. The third-order valence-electron chi connectivity index (χ3n) is 9.48. The molecule has 0 radical (unpaired) electrons. The molecule has 2 heterocycles. The van der Waals surface area contributed by atoms with Crippen LogP contribution in [0.1, 0.15) is 51.4 Å². The van der Waals surface area contributed by atoms with Gasteiger partial charge < -0.3 is 4.74 Å². The van der Waals surface area contributed by atoms with Crippen molar-refractivity contribution in [2.24, 2.45) is 34.5 Å². The van der Waals surface area contributed by atoms with Gasteiger partial charge in [0.05, 0.1) is 18.7 Å². The molecule has 2 aromatic rings. The van der Waals surface area contributed by atoms with Crippen molar-refractivity contribution in [1.29, 1.82) is 0 Å². The Kier molecular flexibility index (Phi) is 3.47. The predicted molar refractivity (Wildman–Crippen MR) is 111 cm³/mol. The third kappa shape index (κ3) is 2.44. The normalized spacial score (nSPS) is 36.9. The van der Waals surface area contributed by atoms with Gasteiger partial charge in [-0.3, -0.25) is 9.48 Å². The highest BCUT2D eigenvalue weighted by Gasteiger charge is 2.69. The van der Waals surface area contributed by atoms with Crippen molar-refractivity contribution in [2.45, 2.75) is 64.0 Å². The van der Waals surface area contributed by atoms with Crippen molar-refractivity contribution < 1.29 is 9.53 Å². The molecule has 1 aliphatic heterocycles. The lowest BCUT2D eigenvalue weighted by Gasteiger charge is -2.33. The van der Waals surface area contributed by atoms with Gasteiger partial charge in [0.15, 0.2) is 0 Å². The molecular weight excluding hydrogens is 374 g/mol. The Morgan fingerprint density at radius 2 is 1.77 bits per heavy atom. The van der Waals surface area contributed by atoms with E-state index in [9.17, 15) is 4.79 Å². The molecule has 5 aliphatic rings. The zero-order chi connectivity index (χ0) is 19.9. The summed E-state index contributed by atoms with van der Waals surface area (Å²) < 4.78 is 8.10. The van der Waals surface area contributed by atoms with Crippen LogP contribution in [-0.4, -0.2) is 27.1 Å². The first-order chi connectivity index (χ1) is 14.7. The Balaban J connectivity index is 1.17. The minimum absolute atomic E-state index is 0.00922. The zero-order valence-corrected chi connectivity index (χ0v) is 17.4. The molecule has 2 spiro atoms. The van der Waals surface area contributed by atoms with Gasteiger partial charge in [-0.05, 0) is 68.1 Å². The molecule has 4 aliphatic carbocycles. The summed E-state index contributed by atoms with van der Waals surface area (Å²) >= 11 is 0. The standard InChI is InChI=1S/C25H29N3O2/c29-23-18(14-28-15-20(26-27-28)16-4-2-1-3-5-16)17-6-8-24(10-11-24)19-7-9-25(12-13-25)21(19)22(17)30-23/h1-5,15,17-19,21-22H,6-14H2/t17-,18-,19+,21-,22-/m0/s1. The van der Waals surface area contributed by atoms with E-state index in [-0.39, 0.29) is 18.0 Å². The first-order valence-electron chi connectivity index (χ1n) is 11.8. The minimum atomic E-state index is -0.0775. The summed E-state index contributed by atoms with van der Waals surface area (Å²) in [6.07, 6.45) is 12.9. The molecule has 5 nitrogen and oxygen atoms in total. The lowest BCUT2D eigenvalue weighted by Crippen LogP contribution is -2.35. The Hall–Kier alpha value is -2.17. The first-order valence-corrected chi connectivity index (χ1v) is 11.8. The van der Waals surface area contributed by atoms with Gasteiger partial charge in [0.1, 0.15) is 11.8 Å². The van der Waals surface area contributed by atoms with E-state index in [0.29, 0.717) is 29.2 Å². The van der Waals surface area contributed by atoms with Gasteiger partial charge in [-0.2, -0.15) is 0 Å². The van der Waals surface area contributed by atoms with E-state index in [1.54, 1.807) is 0 Å². The topological polar surface area (TPSA) is 57.0 Å². The van der Waals surface area contributed by atoms with Crippen LogP contribution in [0.15, 0.2) is 36.5 Å². The number of ether oxygens (including phenoxy) is 1. The van der Waals surface area contributed by atoms with Crippen LogP contribution in [0.5, 0.6) is 0 Å². The molecule has 5 heteroatoms. The molecule has 5 fully saturated rings. The number of hydrogen-bond acceptors (Lipinski definition) is 4. The number of hydrogen-bond donors (Lipinski definition) is 0. The van der Waals surface area contributed by atoms with Gasteiger partial charge in [0.25, 0.3) is 0 Å². The van der Waals surface area contributed by atoms with Gasteiger partial charge in [0, 0.05) is 17.4 Å². The summed E-state index contributed by atoms with van der Waals surface area (Å²) in [6.45, 7) is 0.594. The second-order valence-electron chi connectivity index (χ2n) is 10.8. The first kappa shape index (κ1) is 17.5. The van der Waals surface area contributed by atoms with E-state index in [4.69, 9.17) is 4.74 Å². The number of aromatic nitrogens is 3. The molecular formula is C25H29N3O2. The van der Waals surface area contributed by atoms with Crippen LogP contribution in [-0.2, 0) is 16.1 Å². The second-order valence-corrected chi connectivity index (χ2v) is 10.8. The maximum atomic E-state index is 13.0. The number of benzene rings is 1. The van der Waals surface area contributed by atoms with Crippen molar-refractivity contribution in [1.82, 2.24) is 15.0 Å². The fourth-order valence-electron chi connectivity index (χ4n) is 7.60. The third-order valence-corrected chi connectivity index (χ3v) is 9.48. The summed E-state index contributed by atoms with van der Waals surface area (Å²) in [6, 6.07) is 10.1. The van der Waals surface area contributed by atoms with E-state index < -0.39 is 0 Å². The van der Waals surface area contributed by atoms with E-state index in [0.717, 1.165) is 23.6 Å². The van der Waals surface area contributed by atoms with Crippen molar-refractivity contribution >= 4 is 5.97 Å². The Bertz CT molecular complexity index is 991. The predicted octanol–water partition coefficient (Wildman–Crippen LogP) is 4.48. The Morgan fingerprint density at radius 1 is 1.00 bits per heavy atom. The van der Waals surface area contributed by atoms with Crippen LogP contribution in [0, 0.1) is 34.5 Å². The molecule has 7 rings (SSSR count). The van der Waals surface area contributed by atoms with Crippen molar-refractivity contribution in [3.05, 3.63) is 36.5 Å². The number of carbonyl (C=O) groups is 1. The average molecular weight is 404 g/mol. The lowest BCUT2D eigenvalue weighted by atomic mass is 9.73. The zero-order valence-electron chi connectivity index (χ0n) is 17.4. The average Bonchev–Trinajstić information content (AvgIpc) is 3.60. The SMILES string of the molecule is O=C1O[C@H]2[C@@H](CCC3(CC3)[C@@H]3CCC4(CC4)[C@H]23)[C@@H]1Cn1cc(-c2ccccc2)nn1. The molecule has 1 aromatic heterocycles. The molecule has 0 amide bonds. The Labute approximate surface area is 177 Å². The van der Waals surface area contributed by atoms with Crippen molar-refractivity contribution in [3.8, 4) is 11.3 Å². The van der Waals surface area contributed by atoms with Gasteiger partial charge in [-0.15, -0.1) is 5.10 Å². The molecule has 1 aromatic carbocycles. The fourth-order valence-corrected chi connectivity index (χ4v) is 7.60. The van der Waals surface area contributed by atoms with Gasteiger partial charge in [-0.25, -0.2) is 0 Å². The second kappa shape index (κ2) is 5.95. The van der Waals surface area contributed by atoms with E-state index in [2.05, 4.69) is 10.3 Å². The smallest absolute Gasteiger partial charge is 0.311 e. The molecule has 30 heavy (non-hydrogen) atoms. The quantitative estimate of drug-likeness (QED) is 0.709. The molecule has 5 atom stereocenters. The number of fused-ring (bicyclic) bond motifs is 5.